The number of hydrogen-bond donors (Lipinski definition) is 0. The fourth-order valence-corrected chi connectivity index (χ4v) is 3.62. The highest BCUT2D eigenvalue weighted by Gasteiger charge is 2.39. The third-order valence-electron chi connectivity index (χ3n) is 4.69. The molecule has 1 amide bonds. The molecule has 2 atom stereocenters. The molecule has 1 aromatic carbocycles. The number of likely N-dealkylation sites (N-methyl/N-ethyl adjacent to an activating group) is 1. The maximum Gasteiger partial charge on any atom is 0.219 e. The molecule has 1 saturated heterocycles. The number of hydrogen-bond acceptors (Lipinski definition) is 2. The summed E-state index contributed by atoms with van der Waals surface area (Å²) in [6, 6.07) is 9.30. The molecule has 19 heavy (non-hydrogen) atoms. The minimum atomic E-state index is 0.158. The highest BCUT2D eigenvalue weighted by molar-refractivity contribution is 5.74. The summed E-state index contributed by atoms with van der Waals surface area (Å²) in [5.41, 5.74) is 2.76. The first-order chi connectivity index (χ1) is 9.18. The summed E-state index contributed by atoms with van der Waals surface area (Å²) < 4.78 is 0. The van der Waals surface area contributed by atoms with E-state index in [0.717, 1.165) is 6.42 Å². The van der Waals surface area contributed by atoms with Crippen LogP contribution in [0.5, 0.6) is 0 Å². The van der Waals surface area contributed by atoms with Crippen LogP contribution in [-0.4, -0.2) is 41.9 Å². The standard InChI is InChI=1S/C16H22N2O/c1-12(19)17(2)16-14-8-4-3-7-13(14)11-15(16)18-9-5-6-10-18/h3-4,7-8,15-16H,5-6,9-11H2,1-2H3/t15-,16-/m0/s1. The zero-order valence-corrected chi connectivity index (χ0v) is 11.8. The van der Waals surface area contributed by atoms with Gasteiger partial charge in [0.25, 0.3) is 0 Å². The van der Waals surface area contributed by atoms with Crippen molar-refractivity contribution in [3.8, 4) is 0 Å². The number of carbonyl (C=O) groups is 1. The molecule has 3 nitrogen and oxygen atoms in total. The number of fused-ring (bicyclic) bond motifs is 1. The Morgan fingerprint density at radius 2 is 1.95 bits per heavy atom. The average molecular weight is 258 g/mol. The van der Waals surface area contributed by atoms with Gasteiger partial charge in [0.15, 0.2) is 0 Å². The number of rotatable bonds is 2. The molecular formula is C16H22N2O. The normalized spacial score (nSPS) is 26.4. The van der Waals surface area contributed by atoms with Gasteiger partial charge in [-0.25, -0.2) is 0 Å². The highest BCUT2D eigenvalue weighted by atomic mass is 16.2. The van der Waals surface area contributed by atoms with E-state index in [2.05, 4.69) is 29.2 Å². The van der Waals surface area contributed by atoms with Crippen LogP contribution < -0.4 is 0 Å². The number of nitrogens with zero attached hydrogens (tertiary/aromatic N) is 2. The van der Waals surface area contributed by atoms with Crippen LogP contribution in [0.25, 0.3) is 0 Å². The Morgan fingerprint density at radius 3 is 2.63 bits per heavy atom. The van der Waals surface area contributed by atoms with Crippen LogP contribution >= 0.6 is 0 Å². The van der Waals surface area contributed by atoms with Gasteiger partial charge in [-0.15, -0.1) is 0 Å². The second-order valence-electron chi connectivity index (χ2n) is 5.79. The molecule has 1 fully saturated rings. The van der Waals surface area contributed by atoms with Crippen LogP contribution in [0.4, 0.5) is 0 Å². The topological polar surface area (TPSA) is 23.6 Å². The number of carbonyl (C=O) groups excluding carboxylic acids is 1. The van der Waals surface area contributed by atoms with E-state index in [1.165, 1.54) is 37.1 Å². The van der Waals surface area contributed by atoms with Crippen molar-refractivity contribution in [3.05, 3.63) is 35.4 Å². The van der Waals surface area contributed by atoms with Gasteiger partial charge in [0.2, 0.25) is 5.91 Å². The lowest BCUT2D eigenvalue weighted by atomic mass is 10.0. The lowest BCUT2D eigenvalue weighted by Gasteiger charge is -2.35. The molecule has 3 heteroatoms. The lowest BCUT2D eigenvalue weighted by molar-refractivity contribution is -0.130. The van der Waals surface area contributed by atoms with E-state index in [0.29, 0.717) is 6.04 Å². The van der Waals surface area contributed by atoms with E-state index >= 15 is 0 Å². The Balaban J connectivity index is 1.95. The van der Waals surface area contributed by atoms with E-state index in [-0.39, 0.29) is 11.9 Å². The van der Waals surface area contributed by atoms with Gasteiger partial charge in [0.05, 0.1) is 6.04 Å². The Hall–Kier alpha value is -1.35. The Morgan fingerprint density at radius 1 is 1.26 bits per heavy atom. The Labute approximate surface area is 115 Å². The van der Waals surface area contributed by atoms with Gasteiger partial charge in [0, 0.05) is 20.0 Å². The predicted molar refractivity (Wildman–Crippen MR) is 75.9 cm³/mol. The smallest absolute Gasteiger partial charge is 0.219 e. The van der Waals surface area contributed by atoms with Gasteiger partial charge < -0.3 is 4.90 Å². The summed E-state index contributed by atoms with van der Waals surface area (Å²) in [4.78, 5) is 16.3. The molecule has 3 rings (SSSR count). The number of amides is 1. The van der Waals surface area contributed by atoms with Gasteiger partial charge in [-0.3, -0.25) is 9.69 Å². The van der Waals surface area contributed by atoms with Crippen molar-refractivity contribution < 1.29 is 4.79 Å². The maximum absolute atomic E-state index is 11.8. The van der Waals surface area contributed by atoms with Gasteiger partial charge in [-0.2, -0.15) is 0 Å². The minimum Gasteiger partial charge on any atom is -0.337 e. The minimum absolute atomic E-state index is 0.158. The molecule has 1 aliphatic heterocycles. The van der Waals surface area contributed by atoms with E-state index < -0.39 is 0 Å². The molecule has 2 aliphatic rings. The van der Waals surface area contributed by atoms with E-state index in [1.807, 2.05) is 11.9 Å². The van der Waals surface area contributed by atoms with Crippen LogP contribution in [0, 0.1) is 0 Å². The fraction of sp³-hybridized carbons (Fsp3) is 0.562. The van der Waals surface area contributed by atoms with Crippen LogP contribution in [0.2, 0.25) is 0 Å². The summed E-state index contributed by atoms with van der Waals surface area (Å²) in [6.45, 7) is 4.03. The van der Waals surface area contributed by atoms with Gasteiger partial charge in [-0.05, 0) is 43.5 Å². The summed E-state index contributed by atoms with van der Waals surface area (Å²) in [5.74, 6) is 0.158. The summed E-state index contributed by atoms with van der Waals surface area (Å²) in [7, 11) is 1.94. The van der Waals surface area contributed by atoms with Crippen molar-refractivity contribution in [3.63, 3.8) is 0 Å². The molecule has 0 radical (unpaired) electrons. The summed E-state index contributed by atoms with van der Waals surface area (Å²) >= 11 is 0. The maximum atomic E-state index is 11.8. The molecule has 0 aromatic heterocycles. The zero-order valence-electron chi connectivity index (χ0n) is 11.8. The van der Waals surface area contributed by atoms with Crippen molar-refractivity contribution in [1.29, 1.82) is 0 Å². The summed E-state index contributed by atoms with van der Waals surface area (Å²) in [6.07, 6.45) is 3.67. The molecular weight excluding hydrogens is 236 g/mol. The molecule has 0 unspecified atom stereocenters. The van der Waals surface area contributed by atoms with Crippen molar-refractivity contribution >= 4 is 5.91 Å². The molecule has 0 bridgehead atoms. The van der Waals surface area contributed by atoms with Gasteiger partial charge in [0.1, 0.15) is 0 Å². The zero-order chi connectivity index (χ0) is 13.4. The van der Waals surface area contributed by atoms with E-state index in [4.69, 9.17) is 0 Å². The molecule has 0 saturated carbocycles. The Kier molecular flexibility index (Phi) is 3.31. The fourth-order valence-electron chi connectivity index (χ4n) is 3.62. The van der Waals surface area contributed by atoms with Crippen LogP contribution in [-0.2, 0) is 11.2 Å². The molecule has 102 valence electrons. The van der Waals surface area contributed by atoms with Crippen molar-refractivity contribution in [2.45, 2.75) is 38.3 Å². The average Bonchev–Trinajstić information content (AvgIpc) is 3.04. The SMILES string of the molecule is CC(=O)N(C)[C@H]1c2ccccc2C[C@@H]1N1CCCC1. The van der Waals surface area contributed by atoms with Crippen LogP contribution in [0.3, 0.4) is 0 Å². The van der Waals surface area contributed by atoms with E-state index in [9.17, 15) is 4.79 Å². The van der Waals surface area contributed by atoms with Gasteiger partial charge >= 0.3 is 0 Å². The first kappa shape index (κ1) is 12.7. The Bertz CT molecular complexity index is 479. The first-order valence-corrected chi connectivity index (χ1v) is 7.23. The van der Waals surface area contributed by atoms with Gasteiger partial charge in [-0.1, -0.05) is 24.3 Å². The summed E-state index contributed by atoms with van der Waals surface area (Å²) in [5, 5.41) is 0. The molecule has 1 aromatic rings. The molecule has 0 N–H and O–H groups in total. The van der Waals surface area contributed by atoms with Crippen LogP contribution in [0.15, 0.2) is 24.3 Å². The first-order valence-electron chi connectivity index (χ1n) is 7.23. The lowest BCUT2D eigenvalue weighted by Crippen LogP contribution is -2.43. The predicted octanol–water partition coefficient (Wildman–Crippen LogP) is 2.23. The second-order valence-corrected chi connectivity index (χ2v) is 5.79. The third kappa shape index (κ3) is 2.16. The molecule has 1 aliphatic carbocycles. The third-order valence-corrected chi connectivity index (χ3v) is 4.69. The molecule has 1 heterocycles. The molecule has 0 spiro atoms. The largest absolute Gasteiger partial charge is 0.337 e. The van der Waals surface area contributed by atoms with Crippen molar-refractivity contribution in [1.82, 2.24) is 9.80 Å². The van der Waals surface area contributed by atoms with Crippen LogP contribution in [0.1, 0.15) is 36.9 Å². The number of benzene rings is 1. The van der Waals surface area contributed by atoms with Crippen molar-refractivity contribution in [2.75, 3.05) is 20.1 Å². The highest BCUT2D eigenvalue weighted by Crippen LogP contribution is 2.39. The second kappa shape index (κ2) is 4.97. The monoisotopic (exact) mass is 258 g/mol. The van der Waals surface area contributed by atoms with E-state index in [1.54, 1.807) is 6.92 Å². The quantitative estimate of drug-likeness (QED) is 0.812. The number of likely N-dealkylation sites (tertiary alicyclic amines) is 1. The van der Waals surface area contributed by atoms with Crippen molar-refractivity contribution in [2.24, 2.45) is 0 Å².